The van der Waals surface area contributed by atoms with Gasteiger partial charge >= 0.3 is 17.9 Å². The smallest absolute Gasteiger partial charge is 0.303 e. The Kier molecular flexibility index (Phi) is 7.34. The Morgan fingerprint density at radius 3 is 2.14 bits per heavy atom. The number of aliphatic carboxylic acids is 1. The van der Waals surface area contributed by atoms with Gasteiger partial charge in [-0.15, -0.1) is 0 Å². The minimum Gasteiger partial charge on any atom is -0.481 e. The predicted molar refractivity (Wildman–Crippen MR) is 132 cm³/mol. The van der Waals surface area contributed by atoms with Crippen molar-refractivity contribution in [1.82, 2.24) is 0 Å². The second kappa shape index (κ2) is 9.70. The zero-order valence-electron chi connectivity index (χ0n) is 22.5. The van der Waals surface area contributed by atoms with E-state index in [-0.39, 0.29) is 53.2 Å². The molecule has 6 nitrogen and oxygen atoms in total. The van der Waals surface area contributed by atoms with Crippen LogP contribution in [0.2, 0.25) is 0 Å². The zero-order valence-corrected chi connectivity index (χ0v) is 22.5. The molecule has 4 fully saturated rings. The molecule has 0 amide bonds. The molecule has 0 aromatic rings. The third-order valence-electron chi connectivity index (χ3n) is 11.2. The first-order chi connectivity index (χ1) is 16.4. The number of carbonyl (C=O) groups is 3. The number of carbonyl (C=O) groups excluding carboxylic acids is 2. The van der Waals surface area contributed by atoms with Crippen LogP contribution >= 0.6 is 0 Å². The van der Waals surface area contributed by atoms with Crippen molar-refractivity contribution in [3.05, 3.63) is 0 Å². The fraction of sp³-hybridized carbons (Fsp3) is 0.897. The van der Waals surface area contributed by atoms with E-state index in [0.29, 0.717) is 29.6 Å². The molecule has 0 aliphatic heterocycles. The quantitative estimate of drug-likeness (QED) is 0.469. The van der Waals surface area contributed by atoms with E-state index in [1.807, 2.05) is 0 Å². The molecule has 0 aromatic carbocycles. The number of rotatable bonds is 6. The second-order valence-corrected chi connectivity index (χ2v) is 12.9. The fourth-order valence-electron chi connectivity index (χ4n) is 10.00. The van der Waals surface area contributed by atoms with E-state index in [1.54, 1.807) is 0 Å². The summed E-state index contributed by atoms with van der Waals surface area (Å²) in [7, 11) is 0. The lowest BCUT2D eigenvalue weighted by Gasteiger charge is -2.65. The molecule has 0 radical (unpaired) electrons. The van der Waals surface area contributed by atoms with Crippen LogP contribution in [0.1, 0.15) is 99.3 Å². The molecule has 11 atom stereocenters. The Labute approximate surface area is 210 Å². The molecule has 1 N–H and O–H groups in total. The third-order valence-corrected chi connectivity index (χ3v) is 11.2. The Morgan fingerprint density at radius 1 is 0.914 bits per heavy atom. The molecule has 198 valence electrons. The SMILES string of the molecule is CC[C@H]1[C@@H](OC(C)=O)C2C3CCC([C@H](C)CC(=O)O)[C@@]3(C)CCC2[C@@]2(C)CC[C@@H](OC(C)=O)C[C@@H]12. The molecule has 4 rings (SSSR count). The fourth-order valence-corrected chi connectivity index (χ4v) is 10.00. The Balaban J connectivity index is 1.70. The van der Waals surface area contributed by atoms with Crippen LogP contribution in [0.5, 0.6) is 0 Å². The van der Waals surface area contributed by atoms with Crippen molar-refractivity contribution in [2.24, 2.45) is 52.3 Å². The average molecular weight is 491 g/mol. The summed E-state index contributed by atoms with van der Waals surface area (Å²) in [4.78, 5) is 35.7. The minimum absolute atomic E-state index is 0.0456. The van der Waals surface area contributed by atoms with E-state index in [9.17, 15) is 19.5 Å². The van der Waals surface area contributed by atoms with Crippen LogP contribution < -0.4 is 0 Å². The third kappa shape index (κ3) is 4.52. The lowest BCUT2D eigenvalue weighted by molar-refractivity contribution is -0.219. The number of esters is 2. The summed E-state index contributed by atoms with van der Waals surface area (Å²) in [5.74, 6) is 1.28. The maximum absolute atomic E-state index is 12.4. The van der Waals surface area contributed by atoms with Gasteiger partial charge in [-0.05, 0) is 97.7 Å². The largest absolute Gasteiger partial charge is 0.481 e. The number of carboxylic acids is 1. The van der Waals surface area contributed by atoms with E-state index in [0.717, 1.165) is 51.4 Å². The van der Waals surface area contributed by atoms with E-state index in [1.165, 1.54) is 13.8 Å². The molecule has 0 aromatic heterocycles. The maximum atomic E-state index is 12.4. The number of hydrogen-bond acceptors (Lipinski definition) is 5. The Hall–Kier alpha value is -1.59. The first-order valence-corrected chi connectivity index (χ1v) is 14.0. The maximum Gasteiger partial charge on any atom is 0.303 e. The van der Waals surface area contributed by atoms with Gasteiger partial charge in [0.1, 0.15) is 12.2 Å². The normalized spacial score (nSPS) is 45.4. The summed E-state index contributed by atoms with van der Waals surface area (Å²) >= 11 is 0. The van der Waals surface area contributed by atoms with Gasteiger partial charge in [-0.2, -0.15) is 0 Å². The first-order valence-electron chi connectivity index (χ1n) is 14.0. The van der Waals surface area contributed by atoms with Crippen molar-refractivity contribution >= 4 is 17.9 Å². The Morgan fingerprint density at radius 2 is 1.54 bits per heavy atom. The van der Waals surface area contributed by atoms with Crippen molar-refractivity contribution < 1.29 is 29.0 Å². The molecular weight excluding hydrogens is 444 g/mol. The van der Waals surface area contributed by atoms with E-state index < -0.39 is 5.97 Å². The lowest BCUT2D eigenvalue weighted by Crippen LogP contribution is -2.63. The average Bonchev–Trinajstić information content (AvgIpc) is 3.11. The number of hydrogen-bond donors (Lipinski definition) is 1. The van der Waals surface area contributed by atoms with Crippen LogP contribution in [-0.4, -0.2) is 35.2 Å². The van der Waals surface area contributed by atoms with Gasteiger partial charge in [0.2, 0.25) is 0 Å². The van der Waals surface area contributed by atoms with Crippen molar-refractivity contribution in [1.29, 1.82) is 0 Å². The van der Waals surface area contributed by atoms with E-state index in [4.69, 9.17) is 9.47 Å². The van der Waals surface area contributed by atoms with Crippen molar-refractivity contribution in [2.75, 3.05) is 0 Å². The lowest BCUT2D eigenvalue weighted by atomic mass is 9.41. The molecular formula is C29H46O6. The molecule has 4 unspecified atom stereocenters. The monoisotopic (exact) mass is 490 g/mol. The molecule has 0 saturated heterocycles. The number of fused-ring (bicyclic) bond motifs is 5. The summed E-state index contributed by atoms with van der Waals surface area (Å²) in [6.45, 7) is 12.2. The zero-order chi connectivity index (χ0) is 25.7. The molecule has 0 heterocycles. The van der Waals surface area contributed by atoms with Gasteiger partial charge in [-0.1, -0.05) is 27.7 Å². The highest BCUT2D eigenvalue weighted by Crippen LogP contribution is 2.70. The highest BCUT2D eigenvalue weighted by atomic mass is 16.5. The van der Waals surface area contributed by atoms with Crippen LogP contribution in [0.3, 0.4) is 0 Å². The van der Waals surface area contributed by atoms with Gasteiger partial charge in [0.25, 0.3) is 0 Å². The van der Waals surface area contributed by atoms with Crippen molar-refractivity contribution in [2.45, 2.75) is 112 Å². The summed E-state index contributed by atoms with van der Waals surface area (Å²) in [5, 5.41) is 9.47. The molecule has 0 bridgehead atoms. The Bertz CT molecular complexity index is 839. The summed E-state index contributed by atoms with van der Waals surface area (Å²) in [6, 6.07) is 0. The summed E-state index contributed by atoms with van der Waals surface area (Å²) < 4.78 is 11.9. The predicted octanol–water partition coefficient (Wildman–Crippen LogP) is 5.87. The molecule has 4 aliphatic carbocycles. The van der Waals surface area contributed by atoms with Gasteiger partial charge in [0, 0.05) is 26.2 Å². The van der Waals surface area contributed by atoms with Crippen LogP contribution in [0.4, 0.5) is 0 Å². The molecule has 4 saturated carbocycles. The minimum atomic E-state index is -0.709. The molecule has 4 aliphatic rings. The van der Waals surface area contributed by atoms with Gasteiger partial charge in [0.15, 0.2) is 0 Å². The van der Waals surface area contributed by atoms with Crippen LogP contribution in [0.25, 0.3) is 0 Å². The molecule has 0 spiro atoms. The van der Waals surface area contributed by atoms with Crippen molar-refractivity contribution in [3.63, 3.8) is 0 Å². The molecule has 35 heavy (non-hydrogen) atoms. The topological polar surface area (TPSA) is 89.9 Å². The van der Waals surface area contributed by atoms with E-state index in [2.05, 4.69) is 27.7 Å². The van der Waals surface area contributed by atoms with Crippen LogP contribution in [-0.2, 0) is 23.9 Å². The van der Waals surface area contributed by atoms with Gasteiger partial charge < -0.3 is 14.6 Å². The standard InChI is InChI=1S/C29H46O6/c1-7-20-24-15-19(34-17(3)30)10-12-29(24,6)23-11-13-28(5)21(16(2)14-25(32)33)8-9-22(28)26(23)27(20)35-18(4)31/h16,19-24,26-27H,7-15H2,1-6H3,(H,32,33)/t16-,19-,20-,21?,22?,23?,24+,26?,27-,28-,29-/m1/s1. The number of carboxylic acid groups (broad SMARTS) is 1. The highest BCUT2D eigenvalue weighted by Gasteiger charge is 2.66. The molecule has 6 heteroatoms. The van der Waals surface area contributed by atoms with Gasteiger partial charge in [-0.3, -0.25) is 14.4 Å². The summed E-state index contributed by atoms with van der Waals surface area (Å²) in [6.07, 6.45) is 8.20. The summed E-state index contributed by atoms with van der Waals surface area (Å²) in [5.41, 5.74) is 0.232. The van der Waals surface area contributed by atoms with Crippen molar-refractivity contribution in [3.8, 4) is 0 Å². The van der Waals surface area contributed by atoms with Gasteiger partial charge in [-0.25, -0.2) is 0 Å². The highest BCUT2D eigenvalue weighted by molar-refractivity contribution is 5.67. The number of ether oxygens (including phenoxy) is 2. The second-order valence-electron chi connectivity index (χ2n) is 12.9. The van der Waals surface area contributed by atoms with Crippen LogP contribution in [0.15, 0.2) is 0 Å². The van der Waals surface area contributed by atoms with Crippen LogP contribution in [0, 0.1) is 52.3 Å². The van der Waals surface area contributed by atoms with E-state index >= 15 is 0 Å². The first kappa shape index (κ1) is 26.5. The van der Waals surface area contributed by atoms with Gasteiger partial charge in [0.05, 0.1) is 0 Å².